The van der Waals surface area contributed by atoms with Crippen LogP contribution in [0.15, 0.2) is 118 Å². The summed E-state index contributed by atoms with van der Waals surface area (Å²) in [4.78, 5) is 27.0. The number of ether oxygens (including phenoxy) is 2. The highest BCUT2D eigenvalue weighted by atomic mass is 35.5. The smallest absolute Gasteiger partial charge is 0.296 e. The summed E-state index contributed by atoms with van der Waals surface area (Å²) in [6.45, 7) is 3.47. The van der Waals surface area contributed by atoms with E-state index in [0.29, 0.717) is 46.7 Å². The summed E-state index contributed by atoms with van der Waals surface area (Å²) in [5.74, 6) is 0.248. The molecule has 5 aromatic rings. The number of sulfonamides is 1. The van der Waals surface area contributed by atoms with Gasteiger partial charge < -0.3 is 9.47 Å². The van der Waals surface area contributed by atoms with Gasteiger partial charge in [0.2, 0.25) is 0 Å². The van der Waals surface area contributed by atoms with Gasteiger partial charge in [0, 0.05) is 12.1 Å². The van der Waals surface area contributed by atoms with Crippen molar-refractivity contribution in [2.24, 2.45) is 12.1 Å². The fourth-order valence-corrected chi connectivity index (χ4v) is 6.54. The maximum Gasteiger partial charge on any atom is 0.296 e. The first-order valence-electron chi connectivity index (χ1n) is 15.0. The number of nitrogens with one attached hydrogen (secondary N) is 1. The van der Waals surface area contributed by atoms with Crippen LogP contribution in [0.2, 0.25) is 5.02 Å². The van der Waals surface area contributed by atoms with E-state index in [1.807, 2.05) is 25.1 Å². The van der Waals surface area contributed by atoms with Crippen LogP contribution in [0.3, 0.4) is 0 Å². The van der Waals surface area contributed by atoms with E-state index in [9.17, 15) is 18.0 Å². The SMILES string of the molecule is CCOc1cc(/C=N\NC(=O)CN(c2c(C)n(C)n(-c3ccccc3)c2=O)S(=O)(=O)c2ccccc2)ccc1OCc1ccc(Cl)cc1. The summed E-state index contributed by atoms with van der Waals surface area (Å²) in [6, 6.07) is 28.9. The van der Waals surface area contributed by atoms with Crippen LogP contribution in [0.1, 0.15) is 23.7 Å². The lowest BCUT2D eigenvalue weighted by Crippen LogP contribution is -2.42. The summed E-state index contributed by atoms with van der Waals surface area (Å²) >= 11 is 5.97. The molecule has 248 valence electrons. The number of amides is 1. The summed E-state index contributed by atoms with van der Waals surface area (Å²) in [5.41, 5.74) is 4.05. The van der Waals surface area contributed by atoms with Crippen LogP contribution in [-0.2, 0) is 28.5 Å². The molecule has 0 spiro atoms. The van der Waals surface area contributed by atoms with Gasteiger partial charge in [0.15, 0.2) is 11.5 Å². The Morgan fingerprint density at radius 1 is 0.938 bits per heavy atom. The number of carbonyl (C=O) groups excluding carboxylic acids is 1. The quantitative estimate of drug-likeness (QED) is 0.130. The van der Waals surface area contributed by atoms with Crippen LogP contribution in [0.25, 0.3) is 5.69 Å². The number of hydrogen-bond acceptors (Lipinski definition) is 7. The van der Waals surface area contributed by atoms with E-state index in [0.717, 1.165) is 9.87 Å². The molecule has 48 heavy (non-hydrogen) atoms. The predicted octanol–water partition coefficient (Wildman–Crippen LogP) is 5.46. The molecule has 0 atom stereocenters. The Morgan fingerprint density at radius 3 is 2.27 bits per heavy atom. The van der Waals surface area contributed by atoms with Crippen LogP contribution < -0.4 is 24.8 Å². The molecular weight excluding hydrogens is 654 g/mol. The Hall–Kier alpha value is -5.33. The first kappa shape index (κ1) is 34.0. The number of aromatic nitrogens is 2. The predicted molar refractivity (Wildman–Crippen MR) is 186 cm³/mol. The molecule has 0 aliphatic carbocycles. The van der Waals surface area contributed by atoms with Gasteiger partial charge >= 0.3 is 0 Å². The Bertz CT molecular complexity index is 2080. The van der Waals surface area contributed by atoms with Gasteiger partial charge in [0.05, 0.1) is 29.1 Å². The van der Waals surface area contributed by atoms with Crippen molar-refractivity contribution in [3.63, 3.8) is 0 Å². The Labute approximate surface area is 283 Å². The minimum atomic E-state index is -4.34. The van der Waals surface area contributed by atoms with Gasteiger partial charge in [-0.05, 0) is 79.6 Å². The number of hydrogen-bond donors (Lipinski definition) is 1. The van der Waals surface area contributed by atoms with Crippen LogP contribution in [0, 0.1) is 6.92 Å². The number of para-hydroxylation sites is 1. The van der Waals surface area contributed by atoms with E-state index >= 15 is 0 Å². The largest absolute Gasteiger partial charge is 0.490 e. The summed E-state index contributed by atoms with van der Waals surface area (Å²) in [6.07, 6.45) is 1.40. The van der Waals surface area contributed by atoms with Crippen molar-refractivity contribution in [3.05, 3.63) is 135 Å². The standard InChI is InChI=1S/C35H34ClN5O6S/c1-4-46-32-21-27(17-20-31(32)47-24-26-15-18-28(36)19-16-26)22-37-38-33(42)23-40(48(44,45)30-13-9-6-10-14-30)34-25(2)39(3)41(35(34)43)29-11-7-5-8-12-29/h5-22H,4,23-24H2,1-3H3,(H,38,42)/b37-22-. The topological polar surface area (TPSA) is 124 Å². The summed E-state index contributed by atoms with van der Waals surface area (Å²) < 4.78 is 43.3. The third-order valence-electron chi connectivity index (χ3n) is 7.37. The number of halogens is 1. The van der Waals surface area contributed by atoms with Crippen LogP contribution >= 0.6 is 11.6 Å². The van der Waals surface area contributed by atoms with Crippen molar-refractivity contribution in [2.75, 3.05) is 17.5 Å². The molecular formula is C35H34ClN5O6S. The van der Waals surface area contributed by atoms with E-state index < -0.39 is 28.0 Å². The van der Waals surface area contributed by atoms with Gasteiger partial charge in [0.1, 0.15) is 18.8 Å². The van der Waals surface area contributed by atoms with Crippen molar-refractivity contribution < 1.29 is 22.7 Å². The molecule has 1 amide bonds. The monoisotopic (exact) mass is 687 g/mol. The molecule has 0 bridgehead atoms. The maximum atomic E-state index is 13.9. The molecule has 0 saturated heterocycles. The Morgan fingerprint density at radius 2 is 1.60 bits per heavy atom. The van der Waals surface area contributed by atoms with E-state index in [-0.39, 0.29) is 10.6 Å². The highest BCUT2D eigenvalue weighted by molar-refractivity contribution is 7.92. The second kappa shape index (κ2) is 15.1. The zero-order chi connectivity index (χ0) is 34.3. The van der Waals surface area contributed by atoms with Crippen molar-refractivity contribution in [3.8, 4) is 17.2 Å². The molecule has 11 nitrogen and oxygen atoms in total. The van der Waals surface area contributed by atoms with E-state index in [2.05, 4.69) is 10.5 Å². The summed E-state index contributed by atoms with van der Waals surface area (Å²) in [5, 5.41) is 4.68. The number of hydrazone groups is 1. The van der Waals surface area contributed by atoms with Gasteiger partial charge in [-0.3, -0.25) is 14.3 Å². The second-order valence-corrected chi connectivity index (χ2v) is 12.9. The Kier molecular flexibility index (Phi) is 10.7. The third kappa shape index (κ3) is 7.62. The molecule has 0 fully saturated rings. The Balaban J connectivity index is 1.38. The minimum Gasteiger partial charge on any atom is -0.490 e. The van der Waals surface area contributed by atoms with Crippen LogP contribution in [0.5, 0.6) is 11.5 Å². The zero-order valence-electron chi connectivity index (χ0n) is 26.5. The first-order chi connectivity index (χ1) is 23.1. The van der Waals surface area contributed by atoms with E-state index in [1.165, 1.54) is 23.0 Å². The molecule has 5 rings (SSSR count). The molecule has 0 radical (unpaired) electrons. The van der Waals surface area contributed by atoms with Crippen molar-refractivity contribution in [1.29, 1.82) is 0 Å². The lowest BCUT2D eigenvalue weighted by molar-refractivity contribution is -0.119. The fraction of sp³-hybridized carbons (Fsp3) is 0.171. The minimum absolute atomic E-state index is 0.0722. The maximum absolute atomic E-state index is 13.9. The molecule has 0 saturated carbocycles. The highest BCUT2D eigenvalue weighted by Crippen LogP contribution is 2.29. The molecule has 4 aromatic carbocycles. The van der Waals surface area contributed by atoms with Crippen molar-refractivity contribution in [2.45, 2.75) is 25.3 Å². The number of carbonyl (C=O) groups is 1. The molecule has 1 N–H and O–H groups in total. The molecule has 1 heterocycles. The molecule has 0 aliphatic rings. The van der Waals surface area contributed by atoms with E-state index in [1.54, 1.807) is 91.4 Å². The van der Waals surface area contributed by atoms with Crippen molar-refractivity contribution in [1.82, 2.24) is 14.8 Å². The van der Waals surface area contributed by atoms with Gasteiger partial charge in [-0.15, -0.1) is 0 Å². The van der Waals surface area contributed by atoms with Gasteiger partial charge in [0.25, 0.3) is 21.5 Å². The number of benzene rings is 4. The number of nitrogens with zero attached hydrogens (tertiary/aromatic N) is 4. The molecule has 1 aromatic heterocycles. The summed E-state index contributed by atoms with van der Waals surface area (Å²) in [7, 11) is -2.70. The average molecular weight is 688 g/mol. The normalized spacial score (nSPS) is 11.4. The molecule has 0 aliphatic heterocycles. The molecule has 0 unspecified atom stereocenters. The first-order valence-corrected chi connectivity index (χ1v) is 16.8. The third-order valence-corrected chi connectivity index (χ3v) is 9.38. The lowest BCUT2D eigenvalue weighted by Gasteiger charge is -2.22. The van der Waals surface area contributed by atoms with Gasteiger partial charge in [-0.2, -0.15) is 5.10 Å². The number of anilines is 1. The van der Waals surface area contributed by atoms with Gasteiger partial charge in [-0.25, -0.2) is 22.8 Å². The average Bonchev–Trinajstić information content (AvgIpc) is 3.31. The van der Waals surface area contributed by atoms with Crippen LogP contribution in [-0.4, -0.2) is 43.1 Å². The van der Waals surface area contributed by atoms with Gasteiger partial charge in [-0.1, -0.05) is 60.1 Å². The van der Waals surface area contributed by atoms with Crippen molar-refractivity contribution >= 4 is 39.4 Å². The lowest BCUT2D eigenvalue weighted by atomic mass is 10.2. The molecule has 13 heteroatoms. The van der Waals surface area contributed by atoms with E-state index in [4.69, 9.17) is 21.1 Å². The second-order valence-electron chi connectivity index (χ2n) is 10.6. The number of rotatable bonds is 13. The highest BCUT2D eigenvalue weighted by Gasteiger charge is 2.33. The fourth-order valence-electron chi connectivity index (χ4n) is 4.92. The van der Waals surface area contributed by atoms with Crippen LogP contribution in [0.4, 0.5) is 5.69 Å². The zero-order valence-corrected chi connectivity index (χ0v) is 28.1.